The predicted octanol–water partition coefficient (Wildman–Crippen LogP) is -1.66. The van der Waals surface area contributed by atoms with E-state index in [0.29, 0.717) is 0 Å². The third-order valence-corrected chi connectivity index (χ3v) is 0. The van der Waals surface area contributed by atoms with E-state index in [9.17, 15) is 0 Å². The Hall–Kier alpha value is -0.444. The number of hydrogen-bond acceptors (Lipinski definition) is 6. The molecular formula is H3AlN2O6Zn. The molecule has 0 aromatic rings. The molecule has 10 heavy (non-hydrogen) atoms. The molecule has 0 atom stereocenters. The minimum Gasteiger partial charge on any atom is -0.356 e. The van der Waals surface area contributed by atoms with Gasteiger partial charge in [0.1, 0.15) is 0 Å². The summed E-state index contributed by atoms with van der Waals surface area (Å²) in [4.78, 5) is 16.5. The zero-order valence-electron chi connectivity index (χ0n) is 4.05. The van der Waals surface area contributed by atoms with Gasteiger partial charge in [-0.15, -0.1) is 0 Å². The van der Waals surface area contributed by atoms with Crippen molar-refractivity contribution in [1.82, 2.24) is 0 Å². The van der Waals surface area contributed by atoms with Gasteiger partial charge in [-0.25, -0.2) is 0 Å². The molecule has 0 unspecified atom stereocenters. The molecule has 8 nitrogen and oxygen atoms in total. The van der Waals surface area contributed by atoms with E-state index in [0.717, 1.165) is 0 Å². The maximum Gasteiger partial charge on any atom is 2.00 e. The average molecular weight is 219 g/mol. The van der Waals surface area contributed by atoms with E-state index >= 15 is 0 Å². The minimum absolute atomic E-state index is 0. The summed E-state index contributed by atoms with van der Waals surface area (Å²) in [6.07, 6.45) is 0. The molecular weight excluding hydrogens is 216 g/mol. The largest absolute Gasteiger partial charge is 2.00 e. The third-order valence-electron chi connectivity index (χ3n) is 0. The fourth-order valence-corrected chi connectivity index (χ4v) is 0. The Morgan fingerprint density at radius 2 is 0.800 bits per heavy atom. The molecule has 0 aliphatic carbocycles. The van der Waals surface area contributed by atoms with E-state index < -0.39 is 10.2 Å². The Morgan fingerprint density at radius 3 is 0.800 bits per heavy atom. The maximum atomic E-state index is 8.25. The fourth-order valence-electron chi connectivity index (χ4n) is 0. The van der Waals surface area contributed by atoms with E-state index in [-0.39, 0.29) is 36.8 Å². The summed E-state index contributed by atoms with van der Waals surface area (Å²) in [5.41, 5.74) is 0. The smallest absolute Gasteiger partial charge is 0.356 e. The summed E-state index contributed by atoms with van der Waals surface area (Å²) in [6.45, 7) is 0. The van der Waals surface area contributed by atoms with Crippen LogP contribution in [0.4, 0.5) is 0 Å². The first-order valence-corrected chi connectivity index (χ1v) is 1.10. The first-order valence-electron chi connectivity index (χ1n) is 1.10. The van der Waals surface area contributed by atoms with Crippen LogP contribution >= 0.6 is 0 Å². The topological polar surface area (TPSA) is 132 Å². The van der Waals surface area contributed by atoms with Gasteiger partial charge in [-0.1, -0.05) is 0 Å². The zero-order valence-corrected chi connectivity index (χ0v) is 7.02. The van der Waals surface area contributed by atoms with Crippen molar-refractivity contribution in [3.05, 3.63) is 30.6 Å². The molecule has 0 aliphatic heterocycles. The van der Waals surface area contributed by atoms with E-state index in [1.54, 1.807) is 0 Å². The van der Waals surface area contributed by atoms with Crippen molar-refractivity contribution in [1.29, 1.82) is 0 Å². The molecule has 0 aromatic heterocycles. The number of hydrogen-bond donors (Lipinski definition) is 0. The zero-order chi connectivity index (χ0) is 7.15. The summed E-state index contributed by atoms with van der Waals surface area (Å²) < 4.78 is 0. The molecule has 0 aliphatic rings. The van der Waals surface area contributed by atoms with Gasteiger partial charge in [-0.2, -0.15) is 0 Å². The predicted molar refractivity (Wildman–Crippen MR) is 30.7 cm³/mol. The first kappa shape index (κ1) is 22.7. The van der Waals surface area contributed by atoms with Gasteiger partial charge in [-0.05, 0) is 0 Å². The average Bonchev–Trinajstić information content (AvgIpc) is 1.25. The molecule has 54 valence electrons. The van der Waals surface area contributed by atoms with Crippen molar-refractivity contribution >= 4 is 17.4 Å². The second-order valence-electron chi connectivity index (χ2n) is 0.447. The van der Waals surface area contributed by atoms with Crippen LogP contribution in [0.2, 0.25) is 0 Å². The Labute approximate surface area is 77.9 Å². The second-order valence-corrected chi connectivity index (χ2v) is 0.447. The molecule has 0 bridgehead atoms. The maximum absolute atomic E-state index is 8.25. The molecule has 0 rings (SSSR count). The molecule has 0 aromatic carbocycles. The number of rotatable bonds is 0. The minimum atomic E-state index is -1.75. The van der Waals surface area contributed by atoms with Gasteiger partial charge in [-0.3, -0.25) is 0 Å². The van der Waals surface area contributed by atoms with E-state index in [4.69, 9.17) is 30.6 Å². The SMILES string of the molecule is O=[N+]([O-])[O-].O=[N+]([O-])[O-].[AlH3].[Zn+2]. The van der Waals surface area contributed by atoms with Crippen LogP contribution in [0.3, 0.4) is 0 Å². The van der Waals surface area contributed by atoms with Crippen molar-refractivity contribution < 1.29 is 29.7 Å². The molecule has 0 spiro atoms. The van der Waals surface area contributed by atoms with Crippen molar-refractivity contribution in [3.8, 4) is 0 Å². The van der Waals surface area contributed by atoms with Gasteiger partial charge in [0.25, 0.3) is 0 Å². The van der Waals surface area contributed by atoms with Gasteiger partial charge in [0.2, 0.25) is 0 Å². The van der Waals surface area contributed by atoms with Crippen LogP contribution in [0.25, 0.3) is 0 Å². The Kier molecular flexibility index (Phi) is 35.9. The van der Waals surface area contributed by atoms with Crippen molar-refractivity contribution in [2.75, 3.05) is 0 Å². The van der Waals surface area contributed by atoms with E-state index in [1.807, 2.05) is 0 Å². The Morgan fingerprint density at radius 1 is 0.800 bits per heavy atom. The molecule has 0 saturated carbocycles. The van der Waals surface area contributed by atoms with Gasteiger partial charge in [0.15, 0.2) is 17.4 Å². The van der Waals surface area contributed by atoms with E-state index in [1.165, 1.54) is 0 Å². The molecule has 0 radical (unpaired) electrons. The first-order chi connectivity index (χ1) is 3.46. The summed E-state index contributed by atoms with van der Waals surface area (Å²) in [5, 5.41) is 29.5. The second kappa shape index (κ2) is 15.8. The normalized spacial score (nSPS) is 4.80. The molecule has 0 fully saturated rings. The quantitative estimate of drug-likeness (QED) is 0.272. The van der Waals surface area contributed by atoms with Crippen molar-refractivity contribution in [2.45, 2.75) is 0 Å². The number of nitrogens with zero attached hydrogens (tertiary/aromatic N) is 2. The standard InChI is InChI=1S/Al.2NO3.Zn.3H/c;2*2-1(3)4;;;;/q;2*-1;+2;;;. The summed E-state index contributed by atoms with van der Waals surface area (Å²) in [5.74, 6) is 0. The van der Waals surface area contributed by atoms with Crippen LogP contribution in [0.1, 0.15) is 0 Å². The molecule has 0 heterocycles. The summed E-state index contributed by atoms with van der Waals surface area (Å²) in [6, 6.07) is 0. The molecule has 0 N–H and O–H groups in total. The third kappa shape index (κ3) is 1650. The van der Waals surface area contributed by atoms with Crippen LogP contribution < -0.4 is 0 Å². The molecule has 0 saturated heterocycles. The van der Waals surface area contributed by atoms with Crippen LogP contribution in [-0.2, 0) is 19.5 Å². The molecule has 10 heteroatoms. The van der Waals surface area contributed by atoms with Crippen molar-refractivity contribution in [2.24, 2.45) is 0 Å². The summed E-state index contributed by atoms with van der Waals surface area (Å²) in [7, 11) is 0. The van der Waals surface area contributed by atoms with E-state index in [2.05, 4.69) is 0 Å². The fraction of sp³-hybridized carbons (Fsp3) is 0. The van der Waals surface area contributed by atoms with Gasteiger partial charge in [0, 0.05) is 0 Å². The van der Waals surface area contributed by atoms with Crippen LogP contribution in [-0.4, -0.2) is 27.5 Å². The van der Waals surface area contributed by atoms with Crippen LogP contribution in [0, 0.1) is 30.6 Å². The van der Waals surface area contributed by atoms with Crippen LogP contribution in [0.5, 0.6) is 0 Å². The monoisotopic (exact) mass is 218 g/mol. The van der Waals surface area contributed by atoms with Crippen LogP contribution in [0.15, 0.2) is 0 Å². The van der Waals surface area contributed by atoms with Gasteiger partial charge in [0.05, 0.1) is 10.2 Å². The van der Waals surface area contributed by atoms with Crippen molar-refractivity contribution in [3.63, 3.8) is 0 Å². The van der Waals surface area contributed by atoms with Gasteiger partial charge < -0.3 is 30.6 Å². The van der Waals surface area contributed by atoms with Gasteiger partial charge >= 0.3 is 19.5 Å². The Bertz CT molecular complexity index is 73.7. The Balaban J connectivity index is -0.0000000300. The molecule has 0 amide bonds. The summed E-state index contributed by atoms with van der Waals surface area (Å²) >= 11 is 0.